The third-order valence-electron chi connectivity index (χ3n) is 4.26. The Kier molecular flexibility index (Phi) is 6.95. The average molecular weight is 390 g/mol. The van der Waals surface area contributed by atoms with Crippen molar-refractivity contribution in [2.75, 3.05) is 7.11 Å². The third-order valence-corrected chi connectivity index (χ3v) is 4.26. The number of nitrogens with one attached hydrogen (secondary N) is 1. The minimum Gasteiger partial charge on any atom is -0.497 e. The fourth-order valence-corrected chi connectivity index (χ4v) is 2.65. The van der Waals surface area contributed by atoms with Crippen molar-refractivity contribution in [1.29, 1.82) is 0 Å². The predicted molar refractivity (Wildman–Crippen MR) is 109 cm³/mol. The van der Waals surface area contributed by atoms with E-state index in [1.54, 1.807) is 43.8 Å². The number of carbonyl (C=O) groups is 2. The zero-order valence-electron chi connectivity index (χ0n) is 16.1. The van der Waals surface area contributed by atoms with Gasteiger partial charge >= 0.3 is 0 Å². The summed E-state index contributed by atoms with van der Waals surface area (Å²) in [5.74, 6) is 1.80. The molecule has 0 spiro atoms. The highest BCUT2D eigenvalue weighted by atomic mass is 16.5. The van der Waals surface area contributed by atoms with Crippen molar-refractivity contribution in [2.45, 2.75) is 19.4 Å². The molecule has 0 bridgehead atoms. The van der Waals surface area contributed by atoms with E-state index < -0.39 is 0 Å². The summed E-state index contributed by atoms with van der Waals surface area (Å²) in [6, 6.07) is 17.8. The highest BCUT2D eigenvalue weighted by Crippen LogP contribution is 2.24. The van der Waals surface area contributed by atoms with Crippen LogP contribution in [-0.4, -0.2) is 23.8 Å². The molecule has 1 heterocycles. The van der Waals surface area contributed by atoms with Crippen LogP contribution in [0.4, 0.5) is 0 Å². The van der Waals surface area contributed by atoms with Gasteiger partial charge in [-0.3, -0.25) is 14.6 Å². The number of aromatic nitrogens is 1. The van der Waals surface area contributed by atoms with E-state index in [4.69, 9.17) is 9.47 Å². The maximum absolute atomic E-state index is 12.3. The fourth-order valence-electron chi connectivity index (χ4n) is 2.65. The summed E-state index contributed by atoms with van der Waals surface area (Å²) in [6.45, 7) is 0.401. The van der Waals surface area contributed by atoms with E-state index in [1.165, 1.54) is 0 Å². The number of carbonyl (C=O) groups excluding carboxylic acids is 2. The van der Waals surface area contributed by atoms with Crippen LogP contribution < -0.4 is 14.8 Å². The zero-order chi connectivity index (χ0) is 20.5. The normalized spacial score (nSPS) is 10.2. The van der Waals surface area contributed by atoms with Crippen molar-refractivity contribution in [3.05, 3.63) is 84.2 Å². The number of ketones is 1. The van der Waals surface area contributed by atoms with Gasteiger partial charge in [-0.25, -0.2) is 0 Å². The largest absolute Gasteiger partial charge is 0.497 e. The van der Waals surface area contributed by atoms with Crippen LogP contribution in [0.2, 0.25) is 0 Å². The molecule has 1 N–H and O–H groups in total. The van der Waals surface area contributed by atoms with Gasteiger partial charge in [-0.2, -0.15) is 0 Å². The van der Waals surface area contributed by atoms with Gasteiger partial charge in [-0.1, -0.05) is 6.07 Å². The minimum absolute atomic E-state index is 0.0856. The summed E-state index contributed by atoms with van der Waals surface area (Å²) in [6.07, 6.45) is 3.67. The summed E-state index contributed by atoms with van der Waals surface area (Å²) >= 11 is 0. The molecule has 0 aliphatic rings. The van der Waals surface area contributed by atoms with E-state index in [0.717, 1.165) is 11.3 Å². The number of benzene rings is 2. The molecule has 0 unspecified atom stereocenters. The SMILES string of the molecule is COc1ccc(Oc2ccc(C(=O)CCC(=O)NCc3cccnc3)cc2)cc1. The van der Waals surface area contributed by atoms with Crippen molar-refractivity contribution in [2.24, 2.45) is 0 Å². The number of ether oxygens (including phenoxy) is 2. The van der Waals surface area contributed by atoms with E-state index in [1.807, 2.05) is 36.4 Å². The lowest BCUT2D eigenvalue weighted by Gasteiger charge is -2.08. The number of hydrogen-bond acceptors (Lipinski definition) is 5. The standard InChI is InChI=1S/C23H22N2O4/c1-28-19-8-10-21(11-9-19)29-20-6-4-18(5-7-20)22(26)12-13-23(27)25-16-17-3-2-14-24-15-17/h2-11,14-15H,12-13,16H2,1H3,(H,25,27). The number of methoxy groups -OCH3 is 1. The molecule has 3 rings (SSSR count). The third kappa shape index (κ3) is 6.17. The molecule has 0 aliphatic carbocycles. The summed E-state index contributed by atoms with van der Waals surface area (Å²) in [7, 11) is 1.61. The van der Waals surface area contributed by atoms with Gasteiger partial charge in [0.05, 0.1) is 7.11 Å². The first kappa shape index (κ1) is 20.1. The summed E-state index contributed by atoms with van der Waals surface area (Å²) < 4.78 is 10.9. The molecule has 29 heavy (non-hydrogen) atoms. The molecule has 0 aliphatic heterocycles. The van der Waals surface area contributed by atoms with Crippen LogP contribution in [-0.2, 0) is 11.3 Å². The quantitative estimate of drug-likeness (QED) is 0.555. The van der Waals surface area contributed by atoms with Crippen molar-refractivity contribution in [1.82, 2.24) is 10.3 Å². The molecule has 0 radical (unpaired) electrons. The van der Waals surface area contributed by atoms with E-state index in [2.05, 4.69) is 10.3 Å². The topological polar surface area (TPSA) is 77.5 Å². The van der Waals surface area contributed by atoms with Crippen molar-refractivity contribution < 1.29 is 19.1 Å². The van der Waals surface area contributed by atoms with Crippen molar-refractivity contribution in [3.63, 3.8) is 0 Å². The number of nitrogens with zero attached hydrogens (tertiary/aromatic N) is 1. The van der Waals surface area contributed by atoms with E-state index in [0.29, 0.717) is 23.6 Å². The maximum Gasteiger partial charge on any atom is 0.220 e. The van der Waals surface area contributed by atoms with Crippen LogP contribution in [0.3, 0.4) is 0 Å². The number of Topliss-reactive ketones (excluding diaryl/α,β-unsaturated/α-hetero) is 1. The van der Waals surface area contributed by atoms with Gasteiger partial charge in [0, 0.05) is 37.3 Å². The van der Waals surface area contributed by atoms with Gasteiger partial charge in [0.2, 0.25) is 5.91 Å². The Morgan fingerprint density at radius 1 is 0.897 bits per heavy atom. The molecule has 3 aromatic rings. The Bertz CT molecular complexity index is 939. The van der Waals surface area contributed by atoms with Gasteiger partial charge in [0.25, 0.3) is 0 Å². The molecular formula is C23H22N2O4. The molecule has 0 fully saturated rings. The molecule has 0 saturated carbocycles. The summed E-state index contributed by atoms with van der Waals surface area (Å²) in [5.41, 5.74) is 1.46. The minimum atomic E-state index is -0.165. The Hall–Kier alpha value is -3.67. The molecule has 148 valence electrons. The van der Waals surface area contributed by atoms with Gasteiger partial charge < -0.3 is 14.8 Å². The van der Waals surface area contributed by atoms with Gasteiger partial charge in [0.15, 0.2) is 5.78 Å². The molecule has 6 heteroatoms. The highest BCUT2D eigenvalue weighted by Gasteiger charge is 2.10. The molecule has 0 saturated heterocycles. The first-order valence-electron chi connectivity index (χ1n) is 9.25. The molecule has 0 atom stereocenters. The Balaban J connectivity index is 1.46. The smallest absolute Gasteiger partial charge is 0.220 e. The summed E-state index contributed by atoms with van der Waals surface area (Å²) in [5, 5.41) is 2.79. The average Bonchev–Trinajstić information content (AvgIpc) is 2.78. The van der Waals surface area contributed by atoms with Gasteiger partial charge in [0.1, 0.15) is 17.2 Å². The summed E-state index contributed by atoms with van der Waals surface area (Å²) in [4.78, 5) is 28.3. The number of rotatable bonds is 9. The van der Waals surface area contributed by atoms with Crippen molar-refractivity contribution >= 4 is 11.7 Å². The Labute approximate surface area is 169 Å². The zero-order valence-corrected chi connectivity index (χ0v) is 16.1. The second-order valence-corrected chi connectivity index (χ2v) is 6.36. The van der Waals surface area contributed by atoms with Crippen LogP contribution in [0.5, 0.6) is 17.2 Å². The lowest BCUT2D eigenvalue weighted by atomic mass is 10.1. The Morgan fingerprint density at radius 3 is 2.17 bits per heavy atom. The second-order valence-electron chi connectivity index (χ2n) is 6.36. The fraction of sp³-hybridized carbons (Fsp3) is 0.174. The molecule has 1 amide bonds. The molecule has 1 aromatic heterocycles. The highest BCUT2D eigenvalue weighted by molar-refractivity contribution is 5.98. The van der Waals surface area contributed by atoms with E-state index >= 15 is 0 Å². The molecule has 2 aromatic carbocycles. The van der Waals surface area contributed by atoms with Crippen molar-refractivity contribution in [3.8, 4) is 17.2 Å². The van der Waals surface area contributed by atoms with E-state index in [-0.39, 0.29) is 24.5 Å². The van der Waals surface area contributed by atoms with Gasteiger partial charge in [-0.05, 0) is 60.2 Å². The van der Waals surface area contributed by atoms with Gasteiger partial charge in [-0.15, -0.1) is 0 Å². The first-order chi connectivity index (χ1) is 14.1. The number of pyridine rings is 1. The van der Waals surface area contributed by atoms with Crippen LogP contribution in [0.15, 0.2) is 73.1 Å². The van der Waals surface area contributed by atoms with Crippen LogP contribution in [0.25, 0.3) is 0 Å². The van der Waals surface area contributed by atoms with Crippen LogP contribution in [0, 0.1) is 0 Å². The lowest BCUT2D eigenvalue weighted by Crippen LogP contribution is -2.23. The van der Waals surface area contributed by atoms with Crippen LogP contribution in [0.1, 0.15) is 28.8 Å². The Morgan fingerprint density at radius 2 is 1.55 bits per heavy atom. The lowest BCUT2D eigenvalue weighted by molar-refractivity contribution is -0.121. The van der Waals surface area contributed by atoms with Crippen LogP contribution >= 0.6 is 0 Å². The second kappa shape index (κ2) is 10.0. The van der Waals surface area contributed by atoms with E-state index in [9.17, 15) is 9.59 Å². The predicted octanol–water partition coefficient (Wildman–Crippen LogP) is 4.16. The number of hydrogen-bond donors (Lipinski definition) is 1. The first-order valence-corrected chi connectivity index (χ1v) is 9.25. The molecule has 6 nitrogen and oxygen atoms in total. The maximum atomic E-state index is 12.3. The monoisotopic (exact) mass is 390 g/mol. The molecular weight excluding hydrogens is 368 g/mol. The number of amides is 1.